The summed E-state index contributed by atoms with van der Waals surface area (Å²) in [6.45, 7) is 0.790. The topological polar surface area (TPSA) is 76.7 Å². The summed E-state index contributed by atoms with van der Waals surface area (Å²) in [5.74, 6) is 1.64. The Morgan fingerprint density at radius 3 is 2.52 bits per heavy atom. The van der Waals surface area contributed by atoms with Crippen LogP contribution in [0.2, 0.25) is 0 Å². The summed E-state index contributed by atoms with van der Waals surface area (Å²) in [6.07, 6.45) is 5.20. The lowest BCUT2D eigenvalue weighted by Gasteiger charge is -2.08. The molecule has 0 amide bonds. The fraction of sp³-hybridized carbons (Fsp3) is 0.143. The van der Waals surface area contributed by atoms with Crippen molar-refractivity contribution >= 4 is 5.82 Å². The predicted molar refractivity (Wildman–Crippen MR) is 104 cm³/mol. The van der Waals surface area contributed by atoms with E-state index in [4.69, 9.17) is 4.52 Å². The first-order chi connectivity index (χ1) is 13.4. The number of benzene rings is 2. The van der Waals surface area contributed by atoms with Crippen LogP contribution in [0.4, 0.5) is 5.82 Å². The minimum atomic E-state index is 0.403. The van der Waals surface area contributed by atoms with Gasteiger partial charge in [0.05, 0.1) is 0 Å². The van der Waals surface area contributed by atoms with E-state index in [0.29, 0.717) is 23.1 Å². The molecule has 6 heteroatoms. The minimum absolute atomic E-state index is 0.403. The molecule has 27 heavy (non-hydrogen) atoms. The average molecular weight is 357 g/mol. The van der Waals surface area contributed by atoms with Gasteiger partial charge in [-0.15, -0.1) is 0 Å². The third-order valence-electron chi connectivity index (χ3n) is 4.18. The SMILES string of the molecule is c1ccc(CCCNc2ncncc2-c2nc(-c3ccccc3)no2)cc1. The van der Waals surface area contributed by atoms with Crippen LogP contribution in [0.15, 0.2) is 77.7 Å². The number of anilines is 1. The summed E-state index contributed by atoms with van der Waals surface area (Å²) in [4.78, 5) is 12.9. The van der Waals surface area contributed by atoms with Crippen molar-refractivity contribution in [1.29, 1.82) is 0 Å². The molecule has 2 aromatic heterocycles. The number of aryl methyl sites for hydroxylation is 1. The summed E-state index contributed by atoms with van der Waals surface area (Å²) in [5, 5.41) is 7.42. The first-order valence-electron chi connectivity index (χ1n) is 8.87. The van der Waals surface area contributed by atoms with Crippen LogP contribution in [0.25, 0.3) is 22.8 Å². The number of nitrogens with zero attached hydrogens (tertiary/aromatic N) is 4. The van der Waals surface area contributed by atoms with E-state index in [1.54, 1.807) is 6.20 Å². The standard InChI is InChI=1S/C21H19N5O/c1-3-8-16(9-4-1)10-7-13-23-20-18(14-22-15-24-20)21-25-19(26-27-21)17-11-5-2-6-12-17/h1-6,8-9,11-12,14-15H,7,10,13H2,(H,22,23,24). The zero-order valence-corrected chi connectivity index (χ0v) is 14.7. The molecule has 0 spiro atoms. The van der Waals surface area contributed by atoms with Gasteiger partial charge in [-0.25, -0.2) is 9.97 Å². The minimum Gasteiger partial charge on any atom is -0.369 e. The van der Waals surface area contributed by atoms with Gasteiger partial charge in [-0.1, -0.05) is 65.8 Å². The van der Waals surface area contributed by atoms with E-state index in [9.17, 15) is 0 Å². The van der Waals surface area contributed by atoms with Crippen molar-refractivity contribution < 1.29 is 4.52 Å². The van der Waals surface area contributed by atoms with E-state index in [0.717, 1.165) is 24.9 Å². The summed E-state index contributed by atoms with van der Waals surface area (Å²) >= 11 is 0. The van der Waals surface area contributed by atoms with E-state index >= 15 is 0 Å². The first-order valence-corrected chi connectivity index (χ1v) is 8.87. The molecule has 2 aromatic carbocycles. The Bertz CT molecular complexity index is 986. The number of aromatic nitrogens is 4. The fourth-order valence-electron chi connectivity index (χ4n) is 2.81. The molecule has 0 aliphatic carbocycles. The Kier molecular flexibility index (Phi) is 5.15. The highest BCUT2D eigenvalue weighted by molar-refractivity contribution is 5.69. The van der Waals surface area contributed by atoms with Crippen LogP contribution in [-0.2, 0) is 6.42 Å². The van der Waals surface area contributed by atoms with Crippen LogP contribution in [0.5, 0.6) is 0 Å². The van der Waals surface area contributed by atoms with Crippen LogP contribution >= 0.6 is 0 Å². The van der Waals surface area contributed by atoms with Gasteiger partial charge >= 0.3 is 0 Å². The predicted octanol–water partition coefficient (Wildman–Crippen LogP) is 4.24. The van der Waals surface area contributed by atoms with Crippen molar-refractivity contribution in [2.75, 3.05) is 11.9 Å². The molecule has 6 nitrogen and oxygen atoms in total. The largest absolute Gasteiger partial charge is 0.369 e. The van der Waals surface area contributed by atoms with E-state index in [2.05, 4.69) is 49.7 Å². The molecule has 0 radical (unpaired) electrons. The Morgan fingerprint density at radius 2 is 1.70 bits per heavy atom. The molecule has 0 fully saturated rings. The van der Waals surface area contributed by atoms with Gasteiger partial charge in [-0.05, 0) is 18.4 Å². The summed E-state index contributed by atoms with van der Waals surface area (Å²) < 4.78 is 5.44. The molecule has 4 rings (SSSR count). The third kappa shape index (κ3) is 4.17. The van der Waals surface area contributed by atoms with Gasteiger partial charge in [0, 0.05) is 18.3 Å². The molecule has 0 saturated carbocycles. The van der Waals surface area contributed by atoms with Gasteiger partial charge in [-0.2, -0.15) is 4.98 Å². The number of hydrogen-bond donors (Lipinski definition) is 1. The van der Waals surface area contributed by atoms with E-state index in [1.165, 1.54) is 11.9 Å². The van der Waals surface area contributed by atoms with Gasteiger partial charge in [0.15, 0.2) is 0 Å². The van der Waals surface area contributed by atoms with Crippen molar-refractivity contribution in [1.82, 2.24) is 20.1 Å². The second-order valence-electron chi connectivity index (χ2n) is 6.09. The molecular weight excluding hydrogens is 338 g/mol. The Balaban J connectivity index is 1.44. The van der Waals surface area contributed by atoms with Gasteiger partial charge in [0.2, 0.25) is 5.82 Å². The summed E-state index contributed by atoms with van der Waals surface area (Å²) in [5.41, 5.74) is 2.93. The highest BCUT2D eigenvalue weighted by Crippen LogP contribution is 2.26. The lowest BCUT2D eigenvalue weighted by molar-refractivity contribution is 0.432. The molecule has 134 valence electrons. The van der Waals surface area contributed by atoms with E-state index < -0.39 is 0 Å². The lowest BCUT2D eigenvalue weighted by atomic mass is 10.1. The summed E-state index contributed by atoms with van der Waals surface area (Å²) in [7, 11) is 0. The maximum absolute atomic E-state index is 5.44. The maximum Gasteiger partial charge on any atom is 0.263 e. The molecule has 2 heterocycles. The molecular formula is C21H19N5O. The molecule has 0 saturated heterocycles. The first kappa shape index (κ1) is 16.9. The van der Waals surface area contributed by atoms with Gasteiger partial charge < -0.3 is 9.84 Å². The molecule has 0 atom stereocenters. The fourth-order valence-corrected chi connectivity index (χ4v) is 2.81. The smallest absolute Gasteiger partial charge is 0.263 e. The lowest BCUT2D eigenvalue weighted by Crippen LogP contribution is -2.06. The highest BCUT2D eigenvalue weighted by atomic mass is 16.5. The molecule has 0 bridgehead atoms. The Morgan fingerprint density at radius 1 is 0.926 bits per heavy atom. The van der Waals surface area contributed by atoms with Gasteiger partial charge in [-0.3, -0.25) is 0 Å². The Hall–Kier alpha value is -3.54. The van der Waals surface area contributed by atoms with Crippen LogP contribution in [0, 0.1) is 0 Å². The van der Waals surface area contributed by atoms with Crippen molar-refractivity contribution in [2.24, 2.45) is 0 Å². The molecule has 0 aliphatic heterocycles. The quantitative estimate of drug-likeness (QED) is 0.499. The molecule has 4 aromatic rings. The van der Waals surface area contributed by atoms with Crippen molar-refractivity contribution in [3.63, 3.8) is 0 Å². The van der Waals surface area contributed by atoms with Crippen molar-refractivity contribution in [3.05, 3.63) is 78.8 Å². The molecule has 0 aliphatic rings. The van der Waals surface area contributed by atoms with Crippen LogP contribution < -0.4 is 5.32 Å². The second-order valence-corrected chi connectivity index (χ2v) is 6.09. The maximum atomic E-state index is 5.44. The zero-order valence-electron chi connectivity index (χ0n) is 14.7. The number of rotatable bonds is 7. The van der Waals surface area contributed by atoms with Crippen molar-refractivity contribution in [3.8, 4) is 22.8 Å². The molecule has 1 N–H and O–H groups in total. The number of hydrogen-bond acceptors (Lipinski definition) is 6. The number of nitrogens with one attached hydrogen (secondary N) is 1. The second kappa shape index (κ2) is 8.23. The van der Waals surface area contributed by atoms with Crippen LogP contribution in [0.1, 0.15) is 12.0 Å². The summed E-state index contributed by atoms with van der Waals surface area (Å²) in [6, 6.07) is 20.1. The average Bonchev–Trinajstić information content (AvgIpc) is 3.23. The van der Waals surface area contributed by atoms with E-state index in [1.807, 2.05) is 36.4 Å². The Labute approximate surface area is 157 Å². The van der Waals surface area contributed by atoms with E-state index in [-0.39, 0.29) is 0 Å². The normalized spacial score (nSPS) is 10.7. The third-order valence-corrected chi connectivity index (χ3v) is 4.18. The zero-order chi connectivity index (χ0) is 18.3. The highest BCUT2D eigenvalue weighted by Gasteiger charge is 2.15. The van der Waals surface area contributed by atoms with Gasteiger partial charge in [0.25, 0.3) is 5.89 Å². The molecule has 0 unspecified atom stereocenters. The van der Waals surface area contributed by atoms with Gasteiger partial charge in [0.1, 0.15) is 17.7 Å². The van der Waals surface area contributed by atoms with Crippen molar-refractivity contribution in [2.45, 2.75) is 12.8 Å². The van der Waals surface area contributed by atoms with Crippen LogP contribution in [-0.4, -0.2) is 26.7 Å². The monoisotopic (exact) mass is 357 g/mol. The van der Waals surface area contributed by atoms with Crippen LogP contribution in [0.3, 0.4) is 0 Å².